The second-order valence-electron chi connectivity index (χ2n) is 7.72. The fourth-order valence-electron chi connectivity index (χ4n) is 4.11. The predicted octanol–water partition coefficient (Wildman–Crippen LogP) is 5.40. The number of anilines is 1. The van der Waals surface area contributed by atoms with E-state index in [-0.39, 0.29) is 12.3 Å². The summed E-state index contributed by atoms with van der Waals surface area (Å²) in [6.45, 7) is 3.79. The van der Waals surface area contributed by atoms with Crippen molar-refractivity contribution in [1.29, 1.82) is 0 Å². The number of carbonyl (C=O) groups excluding carboxylic acids is 1. The number of fused-ring (bicyclic) bond motifs is 3. The lowest BCUT2D eigenvalue weighted by atomic mass is 9.96. The Bertz CT molecular complexity index is 1520. The fourth-order valence-corrected chi connectivity index (χ4v) is 4.11. The molecule has 5 rings (SSSR count). The number of nitrogens with zero attached hydrogens (tertiary/aromatic N) is 1. The molecular weight excluding hydrogens is 404 g/mol. The van der Waals surface area contributed by atoms with Gasteiger partial charge in [0.2, 0.25) is 5.91 Å². The molecule has 0 saturated carbocycles. The van der Waals surface area contributed by atoms with Gasteiger partial charge in [-0.15, -0.1) is 0 Å². The minimum Gasteiger partial charge on any atom is -0.463 e. The third-order valence-corrected chi connectivity index (χ3v) is 5.64. The fraction of sp³-hybridized carbons (Fsp3) is 0.115. The van der Waals surface area contributed by atoms with Gasteiger partial charge in [0.15, 0.2) is 0 Å². The van der Waals surface area contributed by atoms with Crippen LogP contribution in [0.5, 0.6) is 0 Å². The van der Waals surface area contributed by atoms with Gasteiger partial charge in [0.05, 0.1) is 23.6 Å². The summed E-state index contributed by atoms with van der Waals surface area (Å²) in [5, 5.41) is 4.38. The van der Waals surface area contributed by atoms with Gasteiger partial charge in [-0.05, 0) is 48.7 Å². The number of rotatable bonds is 4. The van der Waals surface area contributed by atoms with Crippen molar-refractivity contribution in [3.8, 4) is 11.1 Å². The highest BCUT2D eigenvalue weighted by Crippen LogP contribution is 2.38. The number of nitrogens with one attached hydrogen (secondary N) is 1. The van der Waals surface area contributed by atoms with Crippen LogP contribution in [0.3, 0.4) is 0 Å². The van der Waals surface area contributed by atoms with Gasteiger partial charge in [0, 0.05) is 17.1 Å². The largest absolute Gasteiger partial charge is 0.463 e. The Kier molecular flexibility index (Phi) is 4.82. The highest BCUT2D eigenvalue weighted by Gasteiger charge is 2.21. The molecule has 0 unspecified atom stereocenters. The van der Waals surface area contributed by atoms with E-state index in [4.69, 9.17) is 8.83 Å². The average molecular weight is 424 g/mol. The zero-order chi connectivity index (χ0) is 22.2. The first kappa shape index (κ1) is 19.8. The lowest BCUT2D eigenvalue weighted by molar-refractivity contribution is -0.115. The number of furan rings is 1. The van der Waals surface area contributed by atoms with Crippen molar-refractivity contribution < 1.29 is 13.6 Å². The highest BCUT2D eigenvalue weighted by atomic mass is 16.4. The molecule has 158 valence electrons. The molecule has 0 saturated heterocycles. The van der Waals surface area contributed by atoms with Crippen molar-refractivity contribution in [3.63, 3.8) is 0 Å². The zero-order valence-corrected chi connectivity index (χ0v) is 17.6. The molecule has 6 nitrogen and oxygen atoms in total. The summed E-state index contributed by atoms with van der Waals surface area (Å²) in [5.41, 5.74) is 4.49. The van der Waals surface area contributed by atoms with Gasteiger partial charge in [-0.3, -0.25) is 4.79 Å². The van der Waals surface area contributed by atoms with Crippen molar-refractivity contribution in [2.24, 2.45) is 0 Å². The van der Waals surface area contributed by atoms with Crippen LogP contribution >= 0.6 is 0 Å². The second kappa shape index (κ2) is 7.81. The molecule has 0 spiro atoms. The number of aryl methyl sites for hydroxylation is 2. The number of benzene rings is 2. The Hall–Kier alpha value is -4.19. The summed E-state index contributed by atoms with van der Waals surface area (Å²) in [7, 11) is 0. The van der Waals surface area contributed by atoms with Crippen molar-refractivity contribution in [2.75, 3.05) is 5.32 Å². The van der Waals surface area contributed by atoms with Crippen LogP contribution in [0.25, 0.3) is 33.1 Å². The summed E-state index contributed by atoms with van der Waals surface area (Å²) in [6.07, 6.45) is 3.19. The molecule has 0 aliphatic rings. The van der Waals surface area contributed by atoms with Crippen LogP contribution < -0.4 is 10.9 Å². The molecule has 0 aliphatic carbocycles. The lowest BCUT2D eigenvalue weighted by Crippen LogP contribution is -2.21. The molecule has 0 radical (unpaired) electrons. The molecule has 0 atom stereocenters. The quantitative estimate of drug-likeness (QED) is 0.391. The van der Waals surface area contributed by atoms with Gasteiger partial charge in [-0.1, -0.05) is 36.4 Å². The molecule has 0 bridgehead atoms. The van der Waals surface area contributed by atoms with E-state index >= 15 is 0 Å². The number of hydrogen-bond donors (Lipinski definition) is 1. The maximum Gasteiger partial charge on any atom is 0.340 e. The first-order chi connectivity index (χ1) is 15.5. The highest BCUT2D eigenvalue weighted by molar-refractivity contribution is 6.11. The average Bonchev–Trinajstić information content (AvgIpc) is 3.23. The summed E-state index contributed by atoms with van der Waals surface area (Å²) in [6, 6.07) is 17.1. The van der Waals surface area contributed by atoms with Gasteiger partial charge < -0.3 is 14.2 Å². The van der Waals surface area contributed by atoms with Gasteiger partial charge in [0.1, 0.15) is 17.0 Å². The van der Waals surface area contributed by atoms with E-state index in [1.807, 2.05) is 50.2 Å². The van der Waals surface area contributed by atoms with Crippen LogP contribution in [0, 0.1) is 13.8 Å². The van der Waals surface area contributed by atoms with Crippen LogP contribution in [0.2, 0.25) is 0 Å². The molecule has 5 aromatic rings. The molecular formula is C26H20N2O4. The summed E-state index contributed by atoms with van der Waals surface area (Å²) < 4.78 is 11.6. The van der Waals surface area contributed by atoms with Crippen molar-refractivity contribution in [2.45, 2.75) is 20.3 Å². The summed E-state index contributed by atoms with van der Waals surface area (Å²) in [4.78, 5) is 29.4. The van der Waals surface area contributed by atoms with Crippen LogP contribution in [0.4, 0.5) is 5.82 Å². The number of carbonyl (C=O) groups is 1. The van der Waals surface area contributed by atoms with E-state index in [0.29, 0.717) is 33.5 Å². The van der Waals surface area contributed by atoms with Crippen molar-refractivity contribution in [1.82, 2.24) is 4.98 Å². The van der Waals surface area contributed by atoms with Gasteiger partial charge in [-0.25, -0.2) is 9.78 Å². The van der Waals surface area contributed by atoms with Crippen LogP contribution in [-0.2, 0) is 11.2 Å². The zero-order valence-electron chi connectivity index (χ0n) is 17.6. The van der Waals surface area contributed by atoms with Crippen LogP contribution in [0.15, 0.2) is 80.7 Å². The molecule has 32 heavy (non-hydrogen) atoms. The normalized spacial score (nSPS) is 11.2. The Balaban J connectivity index is 1.64. The second-order valence-corrected chi connectivity index (χ2v) is 7.72. The molecule has 0 aliphatic heterocycles. The Morgan fingerprint density at radius 1 is 1.03 bits per heavy atom. The van der Waals surface area contributed by atoms with E-state index in [2.05, 4.69) is 10.3 Å². The standard InChI is InChI=1S/C26H20N2O4/c1-15-12-20-24(25-23(15)19(14-31-25)17-8-4-3-5-9-17)16(2)18(26(30)32-20)13-22(29)28-21-10-6-7-11-27-21/h3-12,14H,13H2,1-2H3,(H,27,28,29). The molecule has 1 N–H and O–H groups in total. The van der Waals surface area contributed by atoms with Gasteiger partial charge in [0.25, 0.3) is 0 Å². The van der Waals surface area contributed by atoms with E-state index in [1.165, 1.54) is 0 Å². The minimum absolute atomic E-state index is 0.123. The Morgan fingerprint density at radius 2 is 1.81 bits per heavy atom. The van der Waals surface area contributed by atoms with Gasteiger partial charge >= 0.3 is 5.63 Å². The Labute approximate surface area is 183 Å². The third kappa shape index (κ3) is 3.36. The van der Waals surface area contributed by atoms with Gasteiger partial charge in [-0.2, -0.15) is 0 Å². The van der Waals surface area contributed by atoms with Crippen LogP contribution in [-0.4, -0.2) is 10.9 Å². The maximum atomic E-state index is 12.7. The number of pyridine rings is 1. The van der Waals surface area contributed by atoms with E-state index in [0.717, 1.165) is 22.1 Å². The predicted molar refractivity (Wildman–Crippen MR) is 124 cm³/mol. The van der Waals surface area contributed by atoms with E-state index in [1.54, 1.807) is 30.7 Å². The number of aromatic nitrogens is 1. The van der Waals surface area contributed by atoms with Crippen molar-refractivity contribution >= 4 is 33.7 Å². The number of amides is 1. The first-order valence-corrected chi connectivity index (χ1v) is 10.3. The van der Waals surface area contributed by atoms with E-state index in [9.17, 15) is 9.59 Å². The maximum absolute atomic E-state index is 12.7. The molecule has 2 aromatic carbocycles. The van der Waals surface area contributed by atoms with E-state index < -0.39 is 5.63 Å². The topological polar surface area (TPSA) is 85.3 Å². The molecule has 6 heteroatoms. The summed E-state index contributed by atoms with van der Waals surface area (Å²) in [5.74, 6) is 0.0862. The van der Waals surface area contributed by atoms with Crippen LogP contribution in [0.1, 0.15) is 16.7 Å². The smallest absolute Gasteiger partial charge is 0.340 e. The Morgan fingerprint density at radius 3 is 2.56 bits per heavy atom. The minimum atomic E-state index is -0.528. The number of hydrogen-bond acceptors (Lipinski definition) is 5. The molecule has 1 amide bonds. The molecule has 0 fully saturated rings. The lowest BCUT2D eigenvalue weighted by Gasteiger charge is -2.10. The van der Waals surface area contributed by atoms with Crippen molar-refractivity contribution in [3.05, 3.63) is 94.2 Å². The first-order valence-electron chi connectivity index (χ1n) is 10.3. The molecule has 3 heterocycles. The third-order valence-electron chi connectivity index (χ3n) is 5.64. The SMILES string of the molecule is Cc1cc2oc(=O)c(CC(=O)Nc3ccccn3)c(C)c2c2occ(-c3ccccc3)c12. The monoisotopic (exact) mass is 424 g/mol. The summed E-state index contributed by atoms with van der Waals surface area (Å²) >= 11 is 0. The molecule has 3 aromatic heterocycles.